The highest BCUT2D eigenvalue weighted by atomic mass is 16.5. The van der Waals surface area contributed by atoms with E-state index in [1.165, 1.54) is 6.20 Å². The van der Waals surface area contributed by atoms with Gasteiger partial charge in [-0.2, -0.15) is 0 Å². The number of methoxy groups -OCH3 is 2. The predicted molar refractivity (Wildman–Crippen MR) is 94.0 cm³/mol. The number of amides is 1. The van der Waals surface area contributed by atoms with Crippen LogP contribution in [0, 0.1) is 0 Å². The van der Waals surface area contributed by atoms with Gasteiger partial charge in [-0.15, -0.1) is 0 Å². The highest BCUT2D eigenvalue weighted by molar-refractivity contribution is 6.44. The van der Waals surface area contributed by atoms with Crippen molar-refractivity contribution in [1.29, 1.82) is 0 Å². The quantitative estimate of drug-likeness (QED) is 0.535. The second-order valence-corrected chi connectivity index (χ2v) is 5.44. The topological polar surface area (TPSA) is 80.4 Å². The summed E-state index contributed by atoms with van der Waals surface area (Å²) in [4.78, 5) is 27.7. The van der Waals surface area contributed by atoms with E-state index in [1.54, 1.807) is 38.5 Å². The number of rotatable bonds is 6. The van der Waals surface area contributed by atoms with Gasteiger partial charge in [0, 0.05) is 29.2 Å². The summed E-state index contributed by atoms with van der Waals surface area (Å²) < 4.78 is 10.4. The molecule has 0 saturated heterocycles. The highest BCUT2D eigenvalue weighted by Gasteiger charge is 2.20. The van der Waals surface area contributed by atoms with Crippen molar-refractivity contribution in [3.63, 3.8) is 0 Å². The van der Waals surface area contributed by atoms with E-state index in [9.17, 15) is 9.59 Å². The lowest BCUT2D eigenvalue weighted by atomic mass is 10.1. The molecule has 1 heterocycles. The Labute approximate surface area is 144 Å². The molecule has 0 saturated carbocycles. The first-order chi connectivity index (χ1) is 12.1. The standard InChI is InChI=1S/C19H18N2O4/c1-24-13-7-8-16-14(9-13)15(11-20-16)18(22)19(23)21-10-12-5-3-4-6-17(12)25-2/h3-9,11,20H,10H2,1-2H3,(H,21,23). The number of carbonyl (C=O) groups excluding carboxylic acids is 2. The minimum atomic E-state index is -0.672. The third kappa shape index (κ3) is 3.33. The average Bonchev–Trinajstić information content (AvgIpc) is 3.08. The van der Waals surface area contributed by atoms with E-state index in [0.29, 0.717) is 22.4 Å². The van der Waals surface area contributed by atoms with Gasteiger partial charge in [0.25, 0.3) is 11.7 Å². The number of fused-ring (bicyclic) bond motifs is 1. The fourth-order valence-electron chi connectivity index (χ4n) is 2.64. The van der Waals surface area contributed by atoms with Gasteiger partial charge in [-0.1, -0.05) is 18.2 Å². The molecule has 1 aromatic heterocycles. The van der Waals surface area contributed by atoms with Gasteiger partial charge < -0.3 is 19.8 Å². The van der Waals surface area contributed by atoms with Gasteiger partial charge in [-0.25, -0.2) is 0 Å². The summed E-state index contributed by atoms with van der Waals surface area (Å²) in [6, 6.07) is 12.6. The molecule has 3 aromatic rings. The number of carbonyl (C=O) groups is 2. The van der Waals surface area contributed by atoms with Crippen LogP contribution in [0.3, 0.4) is 0 Å². The Morgan fingerprint density at radius 3 is 2.64 bits per heavy atom. The van der Waals surface area contributed by atoms with E-state index in [4.69, 9.17) is 9.47 Å². The Morgan fingerprint density at radius 2 is 1.88 bits per heavy atom. The number of aromatic nitrogens is 1. The second kappa shape index (κ2) is 7.09. The molecular weight excluding hydrogens is 320 g/mol. The van der Waals surface area contributed by atoms with Crippen LogP contribution in [-0.2, 0) is 11.3 Å². The van der Waals surface area contributed by atoms with Crippen LogP contribution in [0.25, 0.3) is 10.9 Å². The zero-order chi connectivity index (χ0) is 17.8. The second-order valence-electron chi connectivity index (χ2n) is 5.44. The monoisotopic (exact) mass is 338 g/mol. The molecule has 0 aliphatic heterocycles. The molecule has 25 heavy (non-hydrogen) atoms. The number of aromatic amines is 1. The maximum Gasteiger partial charge on any atom is 0.292 e. The Kier molecular flexibility index (Phi) is 4.70. The molecule has 2 aromatic carbocycles. The molecule has 0 aliphatic carbocycles. The molecule has 0 fully saturated rings. The molecule has 128 valence electrons. The SMILES string of the molecule is COc1ccc2[nH]cc(C(=O)C(=O)NCc3ccccc3OC)c2c1. The number of Topliss-reactive ketones (excluding diaryl/α,β-unsaturated/α-hetero) is 1. The summed E-state index contributed by atoms with van der Waals surface area (Å²) in [5.41, 5.74) is 1.87. The molecule has 0 aliphatic rings. The van der Waals surface area contributed by atoms with Crippen molar-refractivity contribution in [2.24, 2.45) is 0 Å². The van der Waals surface area contributed by atoms with Crippen LogP contribution in [0.5, 0.6) is 11.5 Å². The first-order valence-corrected chi connectivity index (χ1v) is 7.73. The first-order valence-electron chi connectivity index (χ1n) is 7.73. The maximum absolute atomic E-state index is 12.5. The Balaban J connectivity index is 1.78. The van der Waals surface area contributed by atoms with Crippen molar-refractivity contribution in [3.8, 4) is 11.5 Å². The van der Waals surface area contributed by atoms with Crippen LogP contribution < -0.4 is 14.8 Å². The number of hydrogen-bond acceptors (Lipinski definition) is 4. The molecule has 6 heteroatoms. The molecule has 0 bridgehead atoms. The van der Waals surface area contributed by atoms with Crippen LogP contribution in [0.2, 0.25) is 0 Å². The van der Waals surface area contributed by atoms with Gasteiger partial charge in [0.15, 0.2) is 0 Å². The van der Waals surface area contributed by atoms with Gasteiger partial charge in [0.05, 0.1) is 19.8 Å². The third-order valence-electron chi connectivity index (χ3n) is 3.97. The average molecular weight is 338 g/mol. The van der Waals surface area contributed by atoms with Crippen molar-refractivity contribution < 1.29 is 19.1 Å². The van der Waals surface area contributed by atoms with E-state index in [-0.39, 0.29) is 6.54 Å². The van der Waals surface area contributed by atoms with Gasteiger partial charge in [-0.3, -0.25) is 9.59 Å². The first kappa shape index (κ1) is 16.6. The summed E-state index contributed by atoms with van der Waals surface area (Å²) in [7, 11) is 3.11. The van der Waals surface area contributed by atoms with E-state index in [0.717, 1.165) is 11.1 Å². The summed E-state index contributed by atoms with van der Waals surface area (Å²) in [5.74, 6) is 0.00619. The molecule has 0 spiro atoms. The maximum atomic E-state index is 12.5. The van der Waals surface area contributed by atoms with Crippen molar-refractivity contribution in [2.45, 2.75) is 6.54 Å². The zero-order valence-electron chi connectivity index (χ0n) is 14.0. The van der Waals surface area contributed by atoms with Crippen molar-refractivity contribution in [3.05, 3.63) is 59.8 Å². The third-order valence-corrected chi connectivity index (χ3v) is 3.97. The van der Waals surface area contributed by atoms with E-state index in [2.05, 4.69) is 10.3 Å². The number of ether oxygens (including phenoxy) is 2. The van der Waals surface area contributed by atoms with Crippen LogP contribution in [0.4, 0.5) is 0 Å². The lowest BCUT2D eigenvalue weighted by Crippen LogP contribution is -2.30. The predicted octanol–water partition coefficient (Wildman–Crippen LogP) is 2.68. The van der Waals surface area contributed by atoms with Crippen LogP contribution in [0.15, 0.2) is 48.7 Å². The molecule has 6 nitrogen and oxygen atoms in total. The van der Waals surface area contributed by atoms with E-state index >= 15 is 0 Å². The van der Waals surface area contributed by atoms with Crippen molar-refractivity contribution >= 4 is 22.6 Å². The smallest absolute Gasteiger partial charge is 0.292 e. The minimum Gasteiger partial charge on any atom is -0.497 e. The molecule has 0 radical (unpaired) electrons. The molecule has 3 rings (SSSR count). The van der Waals surface area contributed by atoms with Gasteiger partial charge >= 0.3 is 0 Å². The van der Waals surface area contributed by atoms with Gasteiger partial charge in [-0.05, 0) is 24.3 Å². The normalized spacial score (nSPS) is 10.5. The van der Waals surface area contributed by atoms with Crippen molar-refractivity contribution in [1.82, 2.24) is 10.3 Å². The summed E-state index contributed by atoms with van der Waals surface area (Å²) >= 11 is 0. The molecule has 2 N–H and O–H groups in total. The number of benzene rings is 2. The number of hydrogen-bond donors (Lipinski definition) is 2. The fraction of sp³-hybridized carbons (Fsp3) is 0.158. The minimum absolute atomic E-state index is 0.209. The highest BCUT2D eigenvalue weighted by Crippen LogP contribution is 2.24. The molecule has 1 amide bonds. The largest absolute Gasteiger partial charge is 0.497 e. The van der Waals surface area contributed by atoms with Gasteiger partial charge in [0.1, 0.15) is 11.5 Å². The van der Waals surface area contributed by atoms with Crippen LogP contribution in [-0.4, -0.2) is 30.9 Å². The van der Waals surface area contributed by atoms with E-state index < -0.39 is 11.7 Å². The zero-order valence-corrected chi connectivity index (χ0v) is 14.0. The van der Waals surface area contributed by atoms with E-state index in [1.807, 2.05) is 18.2 Å². The summed E-state index contributed by atoms with van der Waals surface area (Å²) in [6.45, 7) is 0.209. The number of nitrogens with one attached hydrogen (secondary N) is 2. The van der Waals surface area contributed by atoms with Crippen LogP contribution >= 0.6 is 0 Å². The van der Waals surface area contributed by atoms with Crippen molar-refractivity contribution in [2.75, 3.05) is 14.2 Å². The number of ketones is 1. The lowest BCUT2D eigenvalue weighted by Gasteiger charge is -2.09. The Bertz CT molecular complexity index is 930. The lowest BCUT2D eigenvalue weighted by molar-refractivity contribution is -0.117. The Morgan fingerprint density at radius 1 is 1.08 bits per heavy atom. The number of para-hydroxylation sites is 1. The molecular formula is C19H18N2O4. The summed E-state index contributed by atoms with van der Waals surface area (Å²) in [5, 5.41) is 3.29. The molecule has 0 atom stereocenters. The Hall–Kier alpha value is -3.28. The summed E-state index contributed by atoms with van der Waals surface area (Å²) in [6.07, 6.45) is 1.54. The van der Waals surface area contributed by atoms with Crippen LogP contribution in [0.1, 0.15) is 15.9 Å². The fourth-order valence-corrected chi connectivity index (χ4v) is 2.64. The number of H-pyrrole nitrogens is 1. The van der Waals surface area contributed by atoms with Gasteiger partial charge in [0.2, 0.25) is 0 Å². The molecule has 0 unspecified atom stereocenters.